The van der Waals surface area contributed by atoms with Crippen LogP contribution in [0.2, 0.25) is 0 Å². The first kappa shape index (κ1) is 15.0. The highest BCUT2D eigenvalue weighted by atomic mass is 79.9. The molecule has 1 atom stereocenters. The molecule has 0 bridgehead atoms. The zero-order valence-corrected chi connectivity index (χ0v) is 13.5. The van der Waals surface area contributed by atoms with Crippen LogP contribution >= 0.6 is 15.9 Å². The fourth-order valence-corrected chi connectivity index (χ4v) is 2.29. The molecule has 0 fully saturated rings. The summed E-state index contributed by atoms with van der Waals surface area (Å²) in [5, 5.41) is 0. The van der Waals surface area contributed by atoms with Gasteiger partial charge < -0.3 is 10.5 Å². The predicted octanol–water partition coefficient (Wildman–Crippen LogP) is 4.78. The van der Waals surface area contributed by atoms with Gasteiger partial charge in [0.1, 0.15) is 11.5 Å². The van der Waals surface area contributed by atoms with E-state index >= 15 is 0 Å². The molecule has 1 heterocycles. The Balaban J connectivity index is 2.25. The Morgan fingerprint density at radius 2 is 1.90 bits per heavy atom. The summed E-state index contributed by atoms with van der Waals surface area (Å²) in [6.07, 6.45) is 1.71. The van der Waals surface area contributed by atoms with E-state index in [1.807, 2.05) is 31.2 Å². The van der Waals surface area contributed by atoms with Crippen molar-refractivity contribution in [2.24, 2.45) is 5.73 Å². The van der Waals surface area contributed by atoms with E-state index < -0.39 is 0 Å². The number of nitrogens with two attached hydrogens (primary N) is 1. The second-order valence-electron chi connectivity index (χ2n) is 5.15. The molecular formula is C16H19BrN2O. The standard InChI is InChI=1S/C16H19BrN2O/c1-10(2)14-8-12(17)4-7-16(14)20-13-5-6-15(11(3)18)19-9-13/h4-11H,18H2,1-3H3/t11-/m0/s1. The van der Waals surface area contributed by atoms with Crippen LogP contribution in [0.15, 0.2) is 41.0 Å². The summed E-state index contributed by atoms with van der Waals surface area (Å²) in [7, 11) is 0. The summed E-state index contributed by atoms with van der Waals surface area (Å²) in [6, 6.07) is 9.77. The Bertz CT molecular complexity index is 580. The topological polar surface area (TPSA) is 48.1 Å². The third kappa shape index (κ3) is 3.58. The monoisotopic (exact) mass is 334 g/mol. The molecule has 0 spiro atoms. The van der Waals surface area contributed by atoms with Crippen molar-refractivity contribution < 1.29 is 4.74 Å². The summed E-state index contributed by atoms with van der Waals surface area (Å²) in [6.45, 7) is 6.20. The van der Waals surface area contributed by atoms with Gasteiger partial charge in [0.15, 0.2) is 0 Å². The maximum atomic E-state index is 5.94. The second-order valence-corrected chi connectivity index (χ2v) is 6.06. The van der Waals surface area contributed by atoms with Gasteiger partial charge in [-0.05, 0) is 48.7 Å². The van der Waals surface area contributed by atoms with Crippen LogP contribution in [0.3, 0.4) is 0 Å². The number of hydrogen-bond acceptors (Lipinski definition) is 3. The second kappa shape index (κ2) is 6.37. The van der Waals surface area contributed by atoms with E-state index in [1.54, 1.807) is 6.20 Å². The molecule has 0 saturated carbocycles. The van der Waals surface area contributed by atoms with Gasteiger partial charge in [0.05, 0.1) is 11.9 Å². The van der Waals surface area contributed by atoms with Gasteiger partial charge in [-0.1, -0.05) is 29.8 Å². The summed E-state index contributed by atoms with van der Waals surface area (Å²) >= 11 is 3.49. The van der Waals surface area contributed by atoms with E-state index in [1.165, 1.54) is 0 Å². The highest BCUT2D eigenvalue weighted by molar-refractivity contribution is 9.10. The van der Waals surface area contributed by atoms with Crippen LogP contribution in [-0.2, 0) is 0 Å². The van der Waals surface area contributed by atoms with Crippen molar-refractivity contribution in [1.29, 1.82) is 0 Å². The minimum Gasteiger partial charge on any atom is -0.455 e. The van der Waals surface area contributed by atoms with Crippen molar-refractivity contribution in [3.8, 4) is 11.5 Å². The number of ether oxygens (including phenoxy) is 1. The number of rotatable bonds is 4. The Morgan fingerprint density at radius 1 is 1.15 bits per heavy atom. The molecule has 0 saturated heterocycles. The molecule has 4 heteroatoms. The number of benzene rings is 1. The quantitative estimate of drug-likeness (QED) is 0.875. The molecule has 0 amide bonds. The smallest absolute Gasteiger partial charge is 0.145 e. The Morgan fingerprint density at radius 3 is 2.45 bits per heavy atom. The molecule has 20 heavy (non-hydrogen) atoms. The highest BCUT2D eigenvalue weighted by Gasteiger charge is 2.10. The van der Waals surface area contributed by atoms with Crippen LogP contribution in [0.1, 0.15) is 44.0 Å². The molecule has 1 aromatic carbocycles. The van der Waals surface area contributed by atoms with Crippen LogP contribution in [0.25, 0.3) is 0 Å². The van der Waals surface area contributed by atoms with Crippen molar-refractivity contribution in [2.75, 3.05) is 0 Å². The van der Waals surface area contributed by atoms with Crippen molar-refractivity contribution in [3.63, 3.8) is 0 Å². The average Bonchev–Trinajstić information content (AvgIpc) is 2.41. The summed E-state index contributed by atoms with van der Waals surface area (Å²) in [5.41, 5.74) is 7.81. The zero-order chi connectivity index (χ0) is 14.7. The van der Waals surface area contributed by atoms with Gasteiger partial charge >= 0.3 is 0 Å². The third-order valence-corrected chi connectivity index (χ3v) is 3.54. The lowest BCUT2D eigenvalue weighted by molar-refractivity contribution is 0.470. The molecule has 1 aromatic heterocycles. The SMILES string of the molecule is CC(C)c1cc(Br)ccc1Oc1ccc([C@H](C)N)nc1. The molecule has 2 rings (SSSR count). The number of aromatic nitrogens is 1. The molecule has 0 radical (unpaired) electrons. The van der Waals surface area contributed by atoms with Crippen LogP contribution in [-0.4, -0.2) is 4.98 Å². The van der Waals surface area contributed by atoms with Crippen LogP contribution < -0.4 is 10.5 Å². The normalized spacial score (nSPS) is 12.5. The van der Waals surface area contributed by atoms with Crippen LogP contribution in [0.5, 0.6) is 11.5 Å². The molecule has 3 nitrogen and oxygen atoms in total. The van der Waals surface area contributed by atoms with E-state index in [2.05, 4.69) is 40.8 Å². The van der Waals surface area contributed by atoms with Gasteiger partial charge in [-0.2, -0.15) is 0 Å². The van der Waals surface area contributed by atoms with Crippen molar-refractivity contribution in [1.82, 2.24) is 4.98 Å². The van der Waals surface area contributed by atoms with Gasteiger partial charge in [-0.15, -0.1) is 0 Å². The number of hydrogen-bond donors (Lipinski definition) is 1. The van der Waals surface area contributed by atoms with E-state index in [4.69, 9.17) is 10.5 Å². The maximum Gasteiger partial charge on any atom is 0.145 e. The third-order valence-electron chi connectivity index (χ3n) is 3.05. The van der Waals surface area contributed by atoms with Gasteiger partial charge in [0.25, 0.3) is 0 Å². The Hall–Kier alpha value is -1.39. The summed E-state index contributed by atoms with van der Waals surface area (Å²) in [4.78, 5) is 4.31. The van der Waals surface area contributed by atoms with Gasteiger partial charge in [-0.25, -0.2) is 0 Å². The van der Waals surface area contributed by atoms with Gasteiger partial charge in [0.2, 0.25) is 0 Å². The fraction of sp³-hybridized carbons (Fsp3) is 0.312. The first-order valence-electron chi connectivity index (χ1n) is 6.66. The average molecular weight is 335 g/mol. The minimum absolute atomic E-state index is 0.0667. The highest BCUT2D eigenvalue weighted by Crippen LogP contribution is 2.32. The number of pyridine rings is 1. The largest absolute Gasteiger partial charge is 0.455 e. The lowest BCUT2D eigenvalue weighted by Crippen LogP contribution is -2.06. The minimum atomic E-state index is -0.0667. The number of halogens is 1. The van der Waals surface area contributed by atoms with E-state index in [0.29, 0.717) is 5.92 Å². The lowest BCUT2D eigenvalue weighted by atomic mass is 10.0. The van der Waals surface area contributed by atoms with Crippen LogP contribution in [0.4, 0.5) is 0 Å². The number of nitrogens with zero attached hydrogens (tertiary/aromatic N) is 1. The molecule has 0 unspecified atom stereocenters. The Labute approximate surface area is 128 Å². The van der Waals surface area contributed by atoms with Crippen molar-refractivity contribution in [2.45, 2.75) is 32.7 Å². The molecule has 2 N–H and O–H groups in total. The Kier molecular flexibility index (Phi) is 4.78. The molecular weight excluding hydrogens is 316 g/mol. The van der Waals surface area contributed by atoms with E-state index in [0.717, 1.165) is 27.2 Å². The molecule has 0 aliphatic carbocycles. The summed E-state index contributed by atoms with van der Waals surface area (Å²) < 4.78 is 6.99. The molecule has 0 aliphatic rings. The molecule has 106 valence electrons. The predicted molar refractivity (Wildman–Crippen MR) is 85.1 cm³/mol. The van der Waals surface area contributed by atoms with Crippen molar-refractivity contribution in [3.05, 3.63) is 52.3 Å². The van der Waals surface area contributed by atoms with E-state index in [-0.39, 0.29) is 6.04 Å². The van der Waals surface area contributed by atoms with Gasteiger partial charge in [0, 0.05) is 10.5 Å². The first-order valence-corrected chi connectivity index (χ1v) is 7.45. The zero-order valence-electron chi connectivity index (χ0n) is 11.9. The van der Waals surface area contributed by atoms with Gasteiger partial charge in [-0.3, -0.25) is 4.98 Å². The summed E-state index contributed by atoms with van der Waals surface area (Å²) in [5.74, 6) is 1.97. The maximum absolute atomic E-state index is 5.94. The molecule has 0 aliphatic heterocycles. The molecule has 2 aromatic rings. The lowest BCUT2D eigenvalue weighted by Gasteiger charge is -2.14. The fourth-order valence-electron chi connectivity index (χ4n) is 1.91. The van der Waals surface area contributed by atoms with E-state index in [9.17, 15) is 0 Å². The van der Waals surface area contributed by atoms with Crippen LogP contribution in [0, 0.1) is 0 Å². The first-order chi connectivity index (χ1) is 9.47. The van der Waals surface area contributed by atoms with Crippen molar-refractivity contribution >= 4 is 15.9 Å².